The first-order chi connectivity index (χ1) is 5.59. The first kappa shape index (κ1) is 8.66. The fraction of sp³-hybridized carbons (Fsp3) is 0.444. The van der Waals surface area contributed by atoms with E-state index < -0.39 is 6.09 Å². The number of amides is 1. The van der Waals surface area contributed by atoms with E-state index in [2.05, 4.69) is 18.4 Å². The Kier molecular flexibility index (Phi) is 2.39. The summed E-state index contributed by atoms with van der Waals surface area (Å²) in [6.45, 7) is 6.54. The van der Waals surface area contributed by atoms with Crippen LogP contribution in [0.4, 0.5) is 4.79 Å². The summed E-state index contributed by atoms with van der Waals surface area (Å²) in [7, 11) is 0. The molecule has 1 rings (SSSR count). The number of hydrogen-bond acceptors (Lipinski definition) is 1. The minimum absolute atomic E-state index is 0.206. The molecular formula is C9H11NO2. The zero-order valence-electron chi connectivity index (χ0n) is 7.00. The van der Waals surface area contributed by atoms with Gasteiger partial charge in [-0.3, -0.25) is 0 Å². The summed E-state index contributed by atoms with van der Waals surface area (Å²) in [5.74, 6) is 6.00. The molecule has 12 heavy (non-hydrogen) atoms. The third-order valence-corrected chi connectivity index (χ3v) is 1.64. The predicted molar refractivity (Wildman–Crippen MR) is 45.7 cm³/mol. The van der Waals surface area contributed by atoms with Crippen LogP contribution in [0.5, 0.6) is 0 Å². The summed E-state index contributed by atoms with van der Waals surface area (Å²) < 4.78 is 0. The smallest absolute Gasteiger partial charge is 0.407 e. The zero-order valence-corrected chi connectivity index (χ0v) is 7.00. The van der Waals surface area contributed by atoms with E-state index in [1.807, 2.05) is 6.92 Å². The molecule has 1 saturated heterocycles. The number of carboxylic acid groups (broad SMARTS) is 1. The lowest BCUT2D eigenvalue weighted by molar-refractivity contribution is 0.0999. The van der Waals surface area contributed by atoms with Gasteiger partial charge in [-0.1, -0.05) is 18.4 Å². The first-order valence-corrected chi connectivity index (χ1v) is 3.74. The third kappa shape index (κ3) is 2.03. The van der Waals surface area contributed by atoms with Gasteiger partial charge in [0.15, 0.2) is 0 Å². The normalized spacial score (nSPS) is 15.9. The number of allylic oxidation sites excluding steroid dienone is 1. The Morgan fingerprint density at radius 2 is 2.25 bits per heavy atom. The lowest BCUT2D eigenvalue weighted by atomic mass is 10.0. The van der Waals surface area contributed by atoms with Gasteiger partial charge in [-0.05, 0) is 12.5 Å². The average Bonchev–Trinajstić information content (AvgIpc) is 1.82. The molecule has 0 atom stereocenters. The van der Waals surface area contributed by atoms with Gasteiger partial charge in [0, 0.05) is 13.1 Å². The molecule has 0 radical (unpaired) electrons. The standard InChI is InChI=1S/C9H11NO2/c1-7(2)3-4-8-5-10(6-8)9(11)12/h8H,1,5-6H2,2H3,(H,11,12). The highest BCUT2D eigenvalue weighted by Gasteiger charge is 2.28. The molecular weight excluding hydrogens is 154 g/mol. The summed E-state index contributed by atoms with van der Waals surface area (Å²) in [5.41, 5.74) is 0.823. The van der Waals surface area contributed by atoms with Gasteiger partial charge in [0.2, 0.25) is 0 Å². The number of hydrogen-bond donors (Lipinski definition) is 1. The van der Waals surface area contributed by atoms with Gasteiger partial charge in [-0.2, -0.15) is 0 Å². The summed E-state index contributed by atoms with van der Waals surface area (Å²) >= 11 is 0. The Balaban J connectivity index is 2.32. The monoisotopic (exact) mass is 165 g/mol. The molecule has 1 N–H and O–H groups in total. The molecule has 0 aromatic carbocycles. The van der Waals surface area contributed by atoms with E-state index in [0.717, 1.165) is 5.57 Å². The second-order valence-corrected chi connectivity index (χ2v) is 2.93. The van der Waals surface area contributed by atoms with Crippen LogP contribution in [0.25, 0.3) is 0 Å². The number of likely N-dealkylation sites (tertiary alicyclic amines) is 1. The molecule has 3 nitrogen and oxygen atoms in total. The van der Waals surface area contributed by atoms with Crippen molar-refractivity contribution < 1.29 is 9.90 Å². The van der Waals surface area contributed by atoms with Crippen LogP contribution in [0.2, 0.25) is 0 Å². The maximum atomic E-state index is 10.3. The molecule has 1 aliphatic heterocycles. The minimum atomic E-state index is -0.858. The molecule has 64 valence electrons. The second kappa shape index (κ2) is 3.31. The van der Waals surface area contributed by atoms with Gasteiger partial charge in [0.05, 0.1) is 5.92 Å². The van der Waals surface area contributed by atoms with Crippen molar-refractivity contribution in [1.82, 2.24) is 4.90 Å². The Labute approximate surface area is 71.7 Å². The Hall–Kier alpha value is -1.43. The fourth-order valence-corrected chi connectivity index (χ4v) is 0.951. The molecule has 0 aliphatic carbocycles. The molecule has 3 heteroatoms. The van der Waals surface area contributed by atoms with Crippen LogP contribution in [0.3, 0.4) is 0 Å². The van der Waals surface area contributed by atoms with E-state index in [1.165, 1.54) is 4.90 Å². The van der Waals surface area contributed by atoms with Crippen molar-refractivity contribution in [2.75, 3.05) is 13.1 Å². The summed E-state index contributed by atoms with van der Waals surface area (Å²) in [6, 6.07) is 0. The van der Waals surface area contributed by atoms with Gasteiger partial charge in [0.25, 0.3) is 0 Å². The second-order valence-electron chi connectivity index (χ2n) is 2.93. The topological polar surface area (TPSA) is 40.5 Å². The highest BCUT2D eigenvalue weighted by molar-refractivity contribution is 5.66. The number of nitrogens with zero attached hydrogens (tertiary/aromatic N) is 1. The van der Waals surface area contributed by atoms with E-state index in [9.17, 15) is 4.79 Å². The van der Waals surface area contributed by atoms with Crippen LogP contribution in [0.1, 0.15) is 6.92 Å². The van der Waals surface area contributed by atoms with Crippen LogP contribution < -0.4 is 0 Å². The zero-order chi connectivity index (χ0) is 9.14. The largest absolute Gasteiger partial charge is 0.465 e. The molecule has 1 fully saturated rings. The van der Waals surface area contributed by atoms with Crippen LogP contribution in [0.15, 0.2) is 12.2 Å². The highest BCUT2D eigenvalue weighted by Crippen LogP contribution is 2.13. The van der Waals surface area contributed by atoms with Crippen molar-refractivity contribution in [3.05, 3.63) is 12.2 Å². The van der Waals surface area contributed by atoms with Gasteiger partial charge in [-0.15, -0.1) is 0 Å². The van der Waals surface area contributed by atoms with E-state index in [-0.39, 0.29) is 5.92 Å². The third-order valence-electron chi connectivity index (χ3n) is 1.64. The molecule has 0 spiro atoms. The fourth-order valence-electron chi connectivity index (χ4n) is 0.951. The van der Waals surface area contributed by atoms with E-state index in [0.29, 0.717) is 13.1 Å². The predicted octanol–water partition coefficient (Wildman–Crippen LogP) is 1.18. The maximum Gasteiger partial charge on any atom is 0.407 e. The molecule has 0 saturated carbocycles. The van der Waals surface area contributed by atoms with E-state index in [4.69, 9.17) is 5.11 Å². The molecule has 0 aromatic heterocycles. The molecule has 1 amide bonds. The van der Waals surface area contributed by atoms with Gasteiger partial charge in [-0.25, -0.2) is 4.79 Å². The summed E-state index contributed by atoms with van der Waals surface area (Å²) in [5, 5.41) is 8.49. The van der Waals surface area contributed by atoms with Crippen LogP contribution in [-0.2, 0) is 0 Å². The van der Waals surface area contributed by atoms with Crippen molar-refractivity contribution in [3.63, 3.8) is 0 Å². The minimum Gasteiger partial charge on any atom is -0.465 e. The van der Waals surface area contributed by atoms with Crippen molar-refractivity contribution in [1.29, 1.82) is 0 Å². The molecule has 1 heterocycles. The lowest BCUT2D eigenvalue weighted by Gasteiger charge is -2.33. The summed E-state index contributed by atoms with van der Waals surface area (Å²) in [4.78, 5) is 11.7. The van der Waals surface area contributed by atoms with E-state index in [1.54, 1.807) is 0 Å². The van der Waals surface area contributed by atoms with Crippen molar-refractivity contribution in [2.45, 2.75) is 6.92 Å². The molecule has 0 bridgehead atoms. The Morgan fingerprint density at radius 3 is 2.67 bits per heavy atom. The molecule has 0 aromatic rings. The Bertz CT molecular complexity index is 266. The Morgan fingerprint density at radius 1 is 1.67 bits per heavy atom. The SMILES string of the molecule is C=C(C)C#CC1CN(C(=O)O)C1. The number of rotatable bonds is 0. The van der Waals surface area contributed by atoms with Crippen molar-refractivity contribution in [2.24, 2.45) is 5.92 Å². The maximum absolute atomic E-state index is 10.3. The quantitative estimate of drug-likeness (QED) is 0.547. The van der Waals surface area contributed by atoms with Gasteiger partial charge in [0.1, 0.15) is 0 Å². The highest BCUT2D eigenvalue weighted by atomic mass is 16.4. The first-order valence-electron chi connectivity index (χ1n) is 3.74. The van der Waals surface area contributed by atoms with Crippen LogP contribution in [0, 0.1) is 17.8 Å². The van der Waals surface area contributed by atoms with Crippen LogP contribution >= 0.6 is 0 Å². The average molecular weight is 165 g/mol. The van der Waals surface area contributed by atoms with Crippen molar-refractivity contribution in [3.8, 4) is 11.8 Å². The van der Waals surface area contributed by atoms with Crippen molar-refractivity contribution >= 4 is 6.09 Å². The van der Waals surface area contributed by atoms with Gasteiger partial charge < -0.3 is 10.0 Å². The number of carbonyl (C=O) groups is 1. The molecule has 1 aliphatic rings. The van der Waals surface area contributed by atoms with Crippen LogP contribution in [-0.4, -0.2) is 29.2 Å². The van der Waals surface area contributed by atoms with Gasteiger partial charge >= 0.3 is 6.09 Å². The van der Waals surface area contributed by atoms with E-state index >= 15 is 0 Å². The summed E-state index contributed by atoms with van der Waals surface area (Å²) in [6.07, 6.45) is -0.858. The lowest BCUT2D eigenvalue weighted by Crippen LogP contribution is -2.48. The molecule has 0 unspecified atom stereocenters.